The smallest absolute Gasteiger partial charge is 0.355 e. The van der Waals surface area contributed by atoms with Gasteiger partial charge in [-0.05, 0) is 38.1 Å². The van der Waals surface area contributed by atoms with E-state index in [0.717, 1.165) is 25.9 Å². The van der Waals surface area contributed by atoms with Crippen LogP contribution in [0.4, 0.5) is 0 Å². The summed E-state index contributed by atoms with van der Waals surface area (Å²) in [6.45, 7) is 0.601. The van der Waals surface area contributed by atoms with E-state index in [-0.39, 0.29) is 24.2 Å². The maximum atomic E-state index is 12.2. The third-order valence-electron chi connectivity index (χ3n) is 3.97. The predicted molar refractivity (Wildman–Crippen MR) is 99.8 cm³/mol. The lowest BCUT2D eigenvalue weighted by Gasteiger charge is -2.22. The van der Waals surface area contributed by atoms with E-state index in [1.165, 1.54) is 24.3 Å². The minimum Gasteiger partial charge on any atom is -0.479 e. The van der Waals surface area contributed by atoms with E-state index in [1.54, 1.807) is 0 Å². The number of benzene rings is 1. The summed E-state index contributed by atoms with van der Waals surface area (Å²) in [5, 5.41) is 21.1. The van der Waals surface area contributed by atoms with Crippen LogP contribution in [0, 0.1) is 0 Å². The van der Waals surface area contributed by atoms with Gasteiger partial charge in [0.2, 0.25) is 0 Å². The summed E-state index contributed by atoms with van der Waals surface area (Å²) >= 11 is 0. The Morgan fingerprint density at radius 1 is 1.03 bits per heavy atom. The average Bonchev–Trinajstić information content (AvgIpc) is 2.74. The number of hydrogen-bond donors (Lipinski definition) is 5. The van der Waals surface area contributed by atoms with Crippen LogP contribution in [-0.4, -0.2) is 72.5 Å². The highest BCUT2D eigenvalue weighted by atomic mass is 16.6. The standard InChI is InChI=1S/C18H23N3O9/c22-14(9-28-11-5-7-19-8-6-11)20-21-17(25)16(18(26)27)30-13-4-2-1-3-12(13)29-10-15(23)24/h1-4,11,16,19H,5-10H2,(H,20,22)(H,21,25)(H,23,24)(H,26,27). The molecular weight excluding hydrogens is 402 g/mol. The molecule has 0 radical (unpaired) electrons. The van der Waals surface area contributed by atoms with Crippen LogP contribution < -0.4 is 25.6 Å². The minimum absolute atomic E-state index is 0.0571. The first-order valence-electron chi connectivity index (χ1n) is 9.11. The van der Waals surface area contributed by atoms with Crippen molar-refractivity contribution in [1.82, 2.24) is 16.2 Å². The SMILES string of the molecule is O=C(O)COc1ccccc1OC(C(=O)O)C(=O)NNC(=O)COC1CCNCC1. The Kier molecular flexibility index (Phi) is 8.84. The van der Waals surface area contributed by atoms with E-state index in [4.69, 9.17) is 19.3 Å². The molecule has 1 atom stereocenters. The number of ether oxygens (including phenoxy) is 3. The highest BCUT2D eigenvalue weighted by Gasteiger charge is 2.30. The van der Waals surface area contributed by atoms with Crippen molar-refractivity contribution in [2.75, 3.05) is 26.3 Å². The molecule has 1 aliphatic rings. The van der Waals surface area contributed by atoms with Gasteiger partial charge in [0, 0.05) is 0 Å². The number of amides is 2. The quantitative estimate of drug-likeness (QED) is 0.229. The van der Waals surface area contributed by atoms with Gasteiger partial charge in [0.15, 0.2) is 18.1 Å². The lowest BCUT2D eigenvalue weighted by molar-refractivity contribution is -0.152. The molecule has 0 aliphatic carbocycles. The molecule has 12 heteroatoms. The molecule has 5 N–H and O–H groups in total. The zero-order valence-electron chi connectivity index (χ0n) is 16.0. The fraction of sp³-hybridized carbons (Fsp3) is 0.444. The molecule has 1 aromatic carbocycles. The minimum atomic E-state index is -2.02. The maximum absolute atomic E-state index is 12.2. The summed E-state index contributed by atoms with van der Waals surface area (Å²) in [5.41, 5.74) is 4.04. The number of hydrogen-bond acceptors (Lipinski definition) is 8. The maximum Gasteiger partial charge on any atom is 0.355 e. The molecule has 164 valence electrons. The second-order valence-corrected chi connectivity index (χ2v) is 6.26. The van der Waals surface area contributed by atoms with Crippen molar-refractivity contribution in [3.63, 3.8) is 0 Å². The van der Waals surface area contributed by atoms with Crippen molar-refractivity contribution >= 4 is 23.8 Å². The number of carbonyl (C=O) groups is 4. The molecular formula is C18H23N3O9. The third kappa shape index (κ3) is 7.56. The van der Waals surface area contributed by atoms with Crippen LogP contribution in [0.3, 0.4) is 0 Å². The molecule has 1 aliphatic heterocycles. The zero-order chi connectivity index (χ0) is 21.9. The second-order valence-electron chi connectivity index (χ2n) is 6.26. The number of carboxylic acids is 2. The molecule has 1 heterocycles. The van der Waals surface area contributed by atoms with Gasteiger partial charge >= 0.3 is 11.9 Å². The molecule has 2 amide bonds. The highest BCUT2D eigenvalue weighted by Crippen LogP contribution is 2.27. The Balaban J connectivity index is 1.88. The molecule has 0 bridgehead atoms. The Bertz CT molecular complexity index is 765. The van der Waals surface area contributed by atoms with E-state index in [0.29, 0.717) is 0 Å². The summed E-state index contributed by atoms with van der Waals surface area (Å²) in [7, 11) is 0. The topological polar surface area (TPSA) is 173 Å². The molecule has 0 saturated carbocycles. The molecule has 1 unspecified atom stereocenters. The molecule has 0 aromatic heterocycles. The van der Waals surface area contributed by atoms with E-state index in [9.17, 15) is 24.3 Å². The van der Waals surface area contributed by atoms with Crippen molar-refractivity contribution in [3.8, 4) is 11.5 Å². The number of aliphatic carboxylic acids is 2. The van der Waals surface area contributed by atoms with Gasteiger partial charge in [-0.15, -0.1) is 0 Å². The van der Waals surface area contributed by atoms with Crippen LogP contribution in [0.1, 0.15) is 12.8 Å². The summed E-state index contributed by atoms with van der Waals surface area (Å²) in [5.74, 6) is -4.88. The lowest BCUT2D eigenvalue weighted by atomic mass is 10.1. The van der Waals surface area contributed by atoms with Gasteiger partial charge in [-0.3, -0.25) is 20.4 Å². The molecule has 1 saturated heterocycles. The lowest BCUT2D eigenvalue weighted by Crippen LogP contribution is -2.51. The molecule has 2 rings (SSSR count). The van der Waals surface area contributed by atoms with Crippen LogP contribution in [0.15, 0.2) is 24.3 Å². The molecule has 30 heavy (non-hydrogen) atoms. The Morgan fingerprint density at radius 2 is 1.70 bits per heavy atom. The number of carboxylic acid groups (broad SMARTS) is 2. The van der Waals surface area contributed by atoms with Gasteiger partial charge in [-0.2, -0.15) is 0 Å². The van der Waals surface area contributed by atoms with Gasteiger partial charge < -0.3 is 29.7 Å². The second kappa shape index (κ2) is 11.6. The van der Waals surface area contributed by atoms with Gasteiger partial charge in [-0.25, -0.2) is 9.59 Å². The number of hydrazine groups is 1. The largest absolute Gasteiger partial charge is 0.479 e. The van der Waals surface area contributed by atoms with E-state index < -0.39 is 36.5 Å². The molecule has 1 fully saturated rings. The van der Waals surface area contributed by atoms with Crippen molar-refractivity contribution in [2.45, 2.75) is 25.0 Å². The van der Waals surface area contributed by atoms with Crippen LogP contribution in [0.5, 0.6) is 11.5 Å². The average molecular weight is 425 g/mol. The summed E-state index contributed by atoms with van der Waals surface area (Å²) in [6.07, 6.45) is -0.564. The van der Waals surface area contributed by atoms with Crippen LogP contribution >= 0.6 is 0 Å². The van der Waals surface area contributed by atoms with Gasteiger partial charge in [0.1, 0.15) is 6.61 Å². The summed E-state index contributed by atoms with van der Waals surface area (Å²) < 4.78 is 15.6. The highest BCUT2D eigenvalue weighted by molar-refractivity contribution is 6.01. The first-order valence-corrected chi connectivity index (χ1v) is 9.11. The molecule has 0 spiro atoms. The Hall–Kier alpha value is -3.38. The van der Waals surface area contributed by atoms with Gasteiger partial charge in [0.05, 0.1) is 6.10 Å². The Labute approximate surface area is 171 Å². The number of para-hydroxylation sites is 2. The zero-order valence-corrected chi connectivity index (χ0v) is 16.0. The number of rotatable bonds is 10. The third-order valence-corrected chi connectivity index (χ3v) is 3.97. The molecule has 1 aromatic rings. The number of piperidine rings is 1. The number of nitrogens with one attached hydrogen (secondary N) is 3. The first-order chi connectivity index (χ1) is 14.4. The monoisotopic (exact) mass is 425 g/mol. The van der Waals surface area contributed by atoms with Gasteiger partial charge in [-0.1, -0.05) is 12.1 Å². The van der Waals surface area contributed by atoms with Gasteiger partial charge in [0.25, 0.3) is 17.9 Å². The van der Waals surface area contributed by atoms with Crippen LogP contribution in [0.25, 0.3) is 0 Å². The predicted octanol–water partition coefficient (Wildman–Crippen LogP) is -1.10. The van der Waals surface area contributed by atoms with E-state index >= 15 is 0 Å². The van der Waals surface area contributed by atoms with E-state index in [2.05, 4.69) is 10.7 Å². The number of carbonyl (C=O) groups excluding carboxylic acids is 2. The van der Waals surface area contributed by atoms with Crippen molar-refractivity contribution < 1.29 is 43.6 Å². The normalized spacial score (nSPS) is 14.9. The van der Waals surface area contributed by atoms with Crippen molar-refractivity contribution in [2.24, 2.45) is 0 Å². The fourth-order valence-electron chi connectivity index (χ4n) is 2.54. The van der Waals surface area contributed by atoms with Crippen LogP contribution in [0.2, 0.25) is 0 Å². The van der Waals surface area contributed by atoms with E-state index in [1.807, 2.05) is 5.43 Å². The molecule has 12 nitrogen and oxygen atoms in total. The first kappa shape index (κ1) is 22.9. The van der Waals surface area contributed by atoms with Crippen molar-refractivity contribution in [1.29, 1.82) is 0 Å². The summed E-state index contributed by atoms with van der Waals surface area (Å²) in [4.78, 5) is 46.1. The fourth-order valence-corrected chi connectivity index (χ4v) is 2.54. The summed E-state index contributed by atoms with van der Waals surface area (Å²) in [6, 6.07) is 5.67. The van der Waals surface area contributed by atoms with Crippen molar-refractivity contribution in [3.05, 3.63) is 24.3 Å². The van der Waals surface area contributed by atoms with Crippen LogP contribution in [-0.2, 0) is 23.9 Å². The Morgan fingerprint density at radius 3 is 2.33 bits per heavy atom.